The van der Waals surface area contributed by atoms with E-state index in [1.54, 1.807) is 6.08 Å². The number of rotatable bonds is 7. The van der Waals surface area contributed by atoms with Gasteiger partial charge in [0.1, 0.15) is 36.1 Å². The summed E-state index contributed by atoms with van der Waals surface area (Å²) >= 11 is 0.919. The molecule has 2 aliphatic rings. The minimum Gasteiger partial charge on any atom is -0.489 e. The van der Waals surface area contributed by atoms with Crippen LogP contribution in [0.1, 0.15) is 66.1 Å². The fraction of sp³-hybridized carbons (Fsp3) is 0.419. The molecule has 0 bridgehead atoms. The van der Waals surface area contributed by atoms with Gasteiger partial charge in [0.25, 0.3) is 11.1 Å². The second kappa shape index (κ2) is 10.9. The molecule has 4 rings (SSSR count). The van der Waals surface area contributed by atoms with Crippen molar-refractivity contribution >= 4 is 29.0 Å². The molecule has 0 spiro atoms. The van der Waals surface area contributed by atoms with Gasteiger partial charge in [0.15, 0.2) is 0 Å². The van der Waals surface area contributed by atoms with Gasteiger partial charge in [-0.25, -0.2) is 0 Å². The lowest BCUT2D eigenvalue weighted by Gasteiger charge is -2.38. The number of aryl methyl sites for hydroxylation is 2. The molecule has 0 aromatic heterocycles. The van der Waals surface area contributed by atoms with Gasteiger partial charge in [0, 0.05) is 5.56 Å². The zero-order valence-corrected chi connectivity index (χ0v) is 24.4. The first-order chi connectivity index (χ1) is 17.9. The Morgan fingerprint density at radius 3 is 2.32 bits per heavy atom. The molecule has 202 valence electrons. The Morgan fingerprint density at radius 2 is 1.71 bits per heavy atom. The minimum atomic E-state index is -0.473. The average Bonchev–Trinajstić information content (AvgIpc) is 3.15. The summed E-state index contributed by atoms with van der Waals surface area (Å²) in [6.07, 6.45) is 5.56. The van der Waals surface area contributed by atoms with E-state index >= 15 is 0 Å². The number of benzene rings is 2. The van der Waals surface area contributed by atoms with Crippen LogP contribution < -0.4 is 19.5 Å². The van der Waals surface area contributed by atoms with E-state index in [1.165, 1.54) is 11.1 Å². The fourth-order valence-corrected chi connectivity index (χ4v) is 5.67. The molecule has 1 saturated heterocycles. The Kier molecular flexibility index (Phi) is 7.98. The first-order valence-electron chi connectivity index (χ1n) is 12.9. The predicted molar refractivity (Wildman–Crippen MR) is 153 cm³/mol. The van der Waals surface area contributed by atoms with E-state index in [0.717, 1.165) is 75.2 Å². The molecule has 7 heteroatoms. The molecule has 1 atom stereocenters. The largest absolute Gasteiger partial charge is 0.489 e. The molecule has 38 heavy (non-hydrogen) atoms. The van der Waals surface area contributed by atoms with Crippen LogP contribution in [0, 0.1) is 34.6 Å². The average molecular weight is 536 g/mol. The lowest BCUT2D eigenvalue weighted by Crippen LogP contribution is -2.42. The summed E-state index contributed by atoms with van der Waals surface area (Å²) in [5, 5.41) is 1.95. The fourth-order valence-electron chi connectivity index (χ4n) is 4.98. The highest BCUT2D eigenvalue weighted by atomic mass is 32.2. The lowest BCUT2D eigenvalue weighted by atomic mass is 9.87. The molecule has 1 fully saturated rings. The second-order valence-corrected chi connectivity index (χ2v) is 11.8. The zero-order chi connectivity index (χ0) is 27.8. The number of hydrogen-bond donors (Lipinski definition) is 1. The Hall–Kier alpha value is -3.19. The maximum absolute atomic E-state index is 11.9. The third kappa shape index (κ3) is 5.78. The number of fused-ring (bicyclic) bond motifs is 1. The molecule has 2 aromatic carbocycles. The van der Waals surface area contributed by atoms with Crippen LogP contribution in [0.2, 0.25) is 0 Å². The molecule has 1 N–H and O–H groups in total. The molecule has 0 saturated carbocycles. The van der Waals surface area contributed by atoms with Crippen molar-refractivity contribution in [2.24, 2.45) is 0 Å². The van der Waals surface area contributed by atoms with Crippen LogP contribution in [0.4, 0.5) is 4.79 Å². The second-order valence-electron chi connectivity index (χ2n) is 10.8. The molecule has 2 aliphatic heterocycles. The maximum atomic E-state index is 11.9. The van der Waals surface area contributed by atoms with Crippen LogP contribution in [0.3, 0.4) is 0 Å². The van der Waals surface area contributed by atoms with E-state index in [0.29, 0.717) is 18.1 Å². The number of carbonyl (C=O) groups is 2. The van der Waals surface area contributed by atoms with Gasteiger partial charge in [-0.3, -0.25) is 14.9 Å². The monoisotopic (exact) mass is 535 g/mol. The molecule has 0 aliphatic carbocycles. The normalized spacial score (nSPS) is 19.6. The van der Waals surface area contributed by atoms with E-state index in [9.17, 15) is 9.59 Å². The molecule has 2 heterocycles. The Labute approximate surface area is 229 Å². The van der Waals surface area contributed by atoms with E-state index in [1.807, 2.05) is 26.0 Å². The summed E-state index contributed by atoms with van der Waals surface area (Å²) in [5.74, 6) is 2.37. The SMILES string of the molecule is CC(C)=CCOc1c(C)c(C)c2c(c1C)CCC(C)(COc1c(C)cc(/C=C3\SC(=O)NC3=O)cc1C)O2. The van der Waals surface area contributed by atoms with Crippen LogP contribution in [0.15, 0.2) is 28.7 Å². The topological polar surface area (TPSA) is 73.9 Å². The number of nitrogens with one attached hydrogen (secondary N) is 1. The summed E-state index contributed by atoms with van der Waals surface area (Å²) in [6, 6.07) is 3.94. The van der Waals surface area contributed by atoms with Crippen LogP contribution in [0.5, 0.6) is 17.2 Å². The highest BCUT2D eigenvalue weighted by Gasteiger charge is 2.36. The number of carbonyl (C=O) groups excluding carboxylic acids is 2. The van der Waals surface area contributed by atoms with Crippen molar-refractivity contribution in [2.45, 2.75) is 73.8 Å². The van der Waals surface area contributed by atoms with E-state index in [4.69, 9.17) is 14.2 Å². The smallest absolute Gasteiger partial charge is 0.290 e. The van der Waals surface area contributed by atoms with Gasteiger partial charge >= 0.3 is 0 Å². The van der Waals surface area contributed by atoms with Gasteiger partial charge in [-0.05, 0) is 138 Å². The lowest BCUT2D eigenvalue weighted by molar-refractivity contribution is -0.115. The minimum absolute atomic E-state index is 0.343. The first kappa shape index (κ1) is 27.8. The van der Waals surface area contributed by atoms with Gasteiger partial charge in [0.2, 0.25) is 0 Å². The molecule has 2 amide bonds. The maximum Gasteiger partial charge on any atom is 0.290 e. The van der Waals surface area contributed by atoms with Crippen molar-refractivity contribution in [1.82, 2.24) is 5.32 Å². The van der Waals surface area contributed by atoms with Crippen molar-refractivity contribution in [3.8, 4) is 17.2 Å². The molecule has 2 aromatic rings. The van der Waals surface area contributed by atoms with Crippen molar-refractivity contribution in [1.29, 1.82) is 0 Å². The molecule has 6 nitrogen and oxygen atoms in total. The Bertz CT molecular complexity index is 1350. The molecular weight excluding hydrogens is 498 g/mol. The highest BCUT2D eigenvalue weighted by molar-refractivity contribution is 8.18. The van der Waals surface area contributed by atoms with Crippen LogP contribution in [-0.2, 0) is 11.2 Å². The summed E-state index contributed by atoms with van der Waals surface area (Å²) in [6.45, 7) is 17.5. The third-order valence-electron chi connectivity index (χ3n) is 7.23. The summed E-state index contributed by atoms with van der Waals surface area (Å²) in [7, 11) is 0. The van der Waals surface area contributed by atoms with Crippen molar-refractivity contribution in [2.75, 3.05) is 13.2 Å². The number of ether oxygens (including phenoxy) is 3. The predicted octanol–water partition coefficient (Wildman–Crippen LogP) is 7.06. The van der Waals surface area contributed by atoms with E-state index in [2.05, 4.69) is 52.9 Å². The van der Waals surface area contributed by atoms with Crippen molar-refractivity contribution < 1.29 is 23.8 Å². The van der Waals surface area contributed by atoms with Gasteiger partial charge in [0.05, 0.1) is 4.91 Å². The highest BCUT2D eigenvalue weighted by Crippen LogP contribution is 2.44. The molecule has 1 unspecified atom stereocenters. The Morgan fingerprint density at radius 1 is 1.03 bits per heavy atom. The van der Waals surface area contributed by atoms with Gasteiger partial charge in [-0.1, -0.05) is 5.57 Å². The number of amides is 2. The van der Waals surface area contributed by atoms with Gasteiger partial charge < -0.3 is 14.2 Å². The Balaban J connectivity index is 1.51. The van der Waals surface area contributed by atoms with Crippen LogP contribution in [0.25, 0.3) is 6.08 Å². The summed E-state index contributed by atoms with van der Waals surface area (Å²) in [5.41, 5.74) is 8.15. The van der Waals surface area contributed by atoms with E-state index < -0.39 is 5.60 Å². The van der Waals surface area contributed by atoms with Crippen molar-refractivity contribution in [3.05, 3.63) is 67.6 Å². The third-order valence-corrected chi connectivity index (χ3v) is 8.04. The quantitative estimate of drug-likeness (QED) is 0.302. The first-order valence-corrected chi connectivity index (χ1v) is 13.8. The van der Waals surface area contributed by atoms with E-state index in [-0.39, 0.29) is 11.1 Å². The van der Waals surface area contributed by atoms with Crippen LogP contribution in [-0.4, -0.2) is 30.0 Å². The molecule has 0 radical (unpaired) electrons. The van der Waals surface area contributed by atoms with Crippen molar-refractivity contribution in [3.63, 3.8) is 0 Å². The summed E-state index contributed by atoms with van der Waals surface area (Å²) in [4.78, 5) is 23.8. The van der Waals surface area contributed by atoms with Gasteiger partial charge in [-0.2, -0.15) is 0 Å². The standard InChI is InChI=1S/C31H37NO5S/c1-17(2)10-12-35-27-20(5)21(6)28-24(22(27)7)9-11-31(8,37-28)16-36-26-18(3)13-23(14-19(26)4)15-25-29(33)32-30(34)38-25/h10,13-15H,9,11-12,16H2,1-8H3,(H,32,33,34)/b25-15-. The van der Waals surface area contributed by atoms with Gasteiger partial charge in [-0.15, -0.1) is 0 Å². The number of imide groups is 1. The molecular formula is C31H37NO5S. The zero-order valence-electron chi connectivity index (χ0n) is 23.6. The number of allylic oxidation sites excluding steroid dienone is 1. The van der Waals surface area contributed by atoms with Crippen LogP contribution >= 0.6 is 11.8 Å². The number of thioether (sulfide) groups is 1. The summed E-state index contributed by atoms with van der Waals surface area (Å²) < 4.78 is 19.2. The number of hydrogen-bond acceptors (Lipinski definition) is 6.